The second-order valence-corrected chi connectivity index (χ2v) is 4.82. The van der Waals surface area contributed by atoms with Crippen molar-refractivity contribution in [3.63, 3.8) is 0 Å². The first-order chi connectivity index (χ1) is 8.21. The van der Waals surface area contributed by atoms with Crippen LogP contribution in [0.15, 0.2) is 12.3 Å². The molecule has 3 heteroatoms. The topological polar surface area (TPSA) is 29.9 Å². The van der Waals surface area contributed by atoms with Gasteiger partial charge in [0.1, 0.15) is 0 Å². The number of nitrogens with zero attached hydrogens (tertiary/aromatic N) is 2. The van der Waals surface area contributed by atoms with Gasteiger partial charge < -0.3 is 5.32 Å². The third-order valence-electron chi connectivity index (χ3n) is 3.24. The Hall–Kier alpha value is -0.830. The van der Waals surface area contributed by atoms with Gasteiger partial charge in [0.15, 0.2) is 0 Å². The number of nitrogens with one attached hydrogen (secondary N) is 1. The molecule has 0 aliphatic carbocycles. The van der Waals surface area contributed by atoms with E-state index >= 15 is 0 Å². The van der Waals surface area contributed by atoms with E-state index in [4.69, 9.17) is 0 Å². The van der Waals surface area contributed by atoms with Crippen LogP contribution in [0.5, 0.6) is 0 Å². The van der Waals surface area contributed by atoms with Crippen molar-refractivity contribution in [3.8, 4) is 0 Å². The molecule has 1 unspecified atom stereocenters. The Labute approximate surface area is 106 Å². The Morgan fingerprint density at radius 3 is 2.59 bits per heavy atom. The molecule has 0 aromatic carbocycles. The zero-order chi connectivity index (χ0) is 12.7. The van der Waals surface area contributed by atoms with Gasteiger partial charge >= 0.3 is 0 Å². The number of rotatable bonds is 8. The van der Waals surface area contributed by atoms with Crippen LogP contribution in [0.3, 0.4) is 0 Å². The summed E-state index contributed by atoms with van der Waals surface area (Å²) >= 11 is 0. The molecule has 3 nitrogen and oxygen atoms in total. The summed E-state index contributed by atoms with van der Waals surface area (Å²) in [6.07, 6.45) is 6.64. The molecule has 0 amide bonds. The van der Waals surface area contributed by atoms with Gasteiger partial charge in [0.2, 0.25) is 0 Å². The van der Waals surface area contributed by atoms with Gasteiger partial charge in [0, 0.05) is 18.7 Å². The number of hydrogen-bond donors (Lipinski definition) is 1. The zero-order valence-electron chi connectivity index (χ0n) is 11.7. The van der Waals surface area contributed by atoms with E-state index in [0.29, 0.717) is 12.1 Å². The fraction of sp³-hybridized carbons (Fsp3) is 0.786. The van der Waals surface area contributed by atoms with E-state index < -0.39 is 0 Å². The molecule has 1 rings (SSSR count). The first-order valence-corrected chi connectivity index (χ1v) is 6.98. The summed E-state index contributed by atoms with van der Waals surface area (Å²) < 4.78 is 2.13. The molecule has 0 aliphatic rings. The summed E-state index contributed by atoms with van der Waals surface area (Å²) in [7, 11) is 0. The van der Waals surface area contributed by atoms with E-state index in [0.717, 1.165) is 25.8 Å². The second kappa shape index (κ2) is 7.49. The van der Waals surface area contributed by atoms with Gasteiger partial charge in [-0.1, -0.05) is 20.8 Å². The maximum absolute atomic E-state index is 4.68. The average Bonchev–Trinajstić information content (AvgIpc) is 2.76. The van der Waals surface area contributed by atoms with Gasteiger partial charge in [-0.3, -0.25) is 4.68 Å². The molecule has 1 aromatic rings. The molecule has 1 heterocycles. The van der Waals surface area contributed by atoms with E-state index in [1.54, 1.807) is 0 Å². The highest BCUT2D eigenvalue weighted by Crippen LogP contribution is 2.14. The fourth-order valence-electron chi connectivity index (χ4n) is 2.13. The monoisotopic (exact) mass is 237 g/mol. The zero-order valence-corrected chi connectivity index (χ0v) is 11.7. The fourth-order valence-corrected chi connectivity index (χ4v) is 2.13. The summed E-state index contributed by atoms with van der Waals surface area (Å²) in [5.74, 6) is 0. The van der Waals surface area contributed by atoms with Gasteiger partial charge in [0.05, 0.1) is 11.7 Å². The molecule has 17 heavy (non-hydrogen) atoms. The van der Waals surface area contributed by atoms with Crippen LogP contribution >= 0.6 is 0 Å². The van der Waals surface area contributed by atoms with Crippen LogP contribution < -0.4 is 5.32 Å². The summed E-state index contributed by atoms with van der Waals surface area (Å²) in [5, 5.41) is 8.17. The second-order valence-electron chi connectivity index (χ2n) is 4.82. The van der Waals surface area contributed by atoms with Crippen LogP contribution in [0.25, 0.3) is 0 Å². The molecule has 0 bridgehead atoms. The third-order valence-corrected chi connectivity index (χ3v) is 3.24. The van der Waals surface area contributed by atoms with Crippen LogP contribution in [0.4, 0.5) is 0 Å². The quantitative estimate of drug-likeness (QED) is 0.752. The normalized spacial score (nSPS) is 13.2. The molecule has 1 aromatic heterocycles. The highest BCUT2D eigenvalue weighted by atomic mass is 15.3. The molecule has 0 spiro atoms. The maximum atomic E-state index is 4.68. The van der Waals surface area contributed by atoms with Gasteiger partial charge in [0.25, 0.3) is 0 Å². The highest BCUT2D eigenvalue weighted by Gasteiger charge is 2.09. The van der Waals surface area contributed by atoms with E-state index in [2.05, 4.69) is 55.1 Å². The highest BCUT2D eigenvalue weighted by molar-refractivity contribution is 5.01. The van der Waals surface area contributed by atoms with Crippen molar-refractivity contribution in [3.05, 3.63) is 18.0 Å². The van der Waals surface area contributed by atoms with Crippen molar-refractivity contribution in [1.82, 2.24) is 15.1 Å². The first-order valence-electron chi connectivity index (χ1n) is 6.98. The molecular weight excluding hydrogens is 210 g/mol. The summed E-state index contributed by atoms with van der Waals surface area (Å²) in [5.41, 5.74) is 1.20. The van der Waals surface area contributed by atoms with Crippen LogP contribution in [0.2, 0.25) is 0 Å². The average molecular weight is 237 g/mol. The van der Waals surface area contributed by atoms with E-state index in [9.17, 15) is 0 Å². The minimum Gasteiger partial charge on any atom is -0.314 e. The largest absolute Gasteiger partial charge is 0.314 e. The van der Waals surface area contributed by atoms with Crippen molar-refractivity contribution in [2.45, 2.75) is 65.5 Å². The number of aromatic nitrogens is 2. The predicted molar refractivity (Wildman–Crippen MR) is 73.3 cm³/mol. The van der Waals surface area contributed by atoms with Gasteiger partial charge in [-0.15, -0.1) is 0 Å². The molecule has 1 N–H and O–H groups in total. The van der Waals surface area contributed by atoms with Crippen LogP contribution in [-0.2, 0) is 6.42 Å². The minimum absolute atomic E-state index is 0.514. The van der Waals surface area contributed by atoms with Crippen molar-refractivity contribution in [2.24, 2.45) is 0 Å². The first kappa shape index (κ1) is 14.2. The van der Waals surface area contributed by atoms with Gasteiger partial charge in [-0.05, 0) is 38.8 Å². The van der Waals surface area contributed by atoms with E-state index in [1.165, 1.54) is 12.1 Å². The lowest BCUT2D eigenvalue weighted by Gasteiger charge is -2.13. The summed E-state index contributed by atoms with van der Waals surface area (Å²) in [6, 6.07) is 3.23. The summed E-state index contributed by atoms with van der Waals surface area (Å²) in [6.45, 7) is 9.96. The molecule has 0 aliphatic heterocycles. The maximum Gasteiger partial charge on any atom is 0.0640 e. The molecular formula is C14H27N3. The van der Waals surface area contributed by atoms with Crippen LogP contribution in [-0.4, -0.2) is 22.4 Å². The van der Waals surface area contributed by atoms with Crippen LogP contribution in [0.1, 0.15) is 58.7 Å². The van der Waals surface area contributed by atoms with Gasteiger partial charge in [-0.25, -0.2) is 0 Å². The van der Waals surface area contributed by atoms with Crippen molar-refractivity contribution in [2.75, 3.05) is 6.54 Å². The Kier molecular flexibility index (Phi) is 6.27. The van der Waals surface area contributed by atoms with Crippen molar-refractivity contribution < 1.29 is 0 Å². The predicted octanol–water partition coefficient (Wildman–Crippen LogP) is 3.17. The smallest absolute Gasteiger partial charge is 0.0640 e. The van der Waals surface area contributed by atoms with Gasteiger partial charge in [-0.2, -0.15) is 5.10 Å². The Morgan fingerprint density at radius 2 is 2.00 bits per heavy atom. The minimum atomic E-state index is 0.514. The molecule has 0 saturated heterocycles. The van der Waals surface area contributed by atoms with E-state index in [-0.39, 0.29) is 0 Å². The van der Waals surface area contributed by atoms with Crippen molar-refractivity contribution >= 4 is 0 Å². The number of hydrogen-bond acceptors (Lipinski definition) is 2. The molecule has 0 radical (unpaired) electrons. The Bertz CT molecular complexity index is 302. The third kappa shape index (κ3) is 4.50. The van der Waals surface area contributed by atoms with Crippen LogP contribution in [0, 0.1) is 0 Å². The molecule has 0 saturated carbocycles. The molecule has 0 fully saturated rings. The van der Waals surface area contributed by atoms with E-state index in [1.807, 2.05) is 0 Å². The Morgan fingerprint density at radius 1 is 1.29 bits per heavy atom. The molecule has 98 valence electrons. The Balaban J connectivity index is 2.50. The standard InChI is InChI=1S/C14H27N3/c1-5-9-15-12(4)11-13-8-10-17(16-13)14(6-2)7-3/h8,10,12,14-15H,5-7,9,11H2,1-4H3. The van der Waals surface area contributed by atoms with Crippen molar-refractivity contribution in [1.29, 1.82) is 0 Å². The summed E-state index contributed by atoms with van der Waals surface area (Å²) in [4.78, 5) is 0. The lowest BCUT2D eigenvalue weighted by atomic mass is 10.2. The lowest BCUT2D eigenvalue weighted by molar-refractivity contribution is 0.423. The lowest BCUT2D eigenvalue weighted by Crippen LogP contribution is -2.28. The molecule has 1 atom stereocenters. The SMILES string of the molecule is CCCNC(C)Cc1ccn(C(CC)CC)n1.